The number of carbonyl (C=O) groups is 2. The molecule has 2 rings (SSSR count). The van der Waals surface area contributed by atoms with Crippen molar-refractivity contribution >= 4 is 35.0 Å². The maximum atomic E-state index is 15.1. The zero-order valence-corrected chi connectivity index (χ0v) is 21.7. The first-order valence-corrected chi connectivity index (χ1v) is 12.0. The summed E-state index contributed by atoms with van der Waals surface area (Å²) >= 11 is 11.5. The van der Waals surface area contributed by atoms with Crippen LogP contribution in [0.3, 0.4) is 0 Å². The third-order valence-electron chi connectivity index (χ3n) is 5.44. The minimum atomic E-state index is -5.26. The maximum Gasteiger partial charge on any atom is 0.417 e. The van der Waals surface area contributed by atoms with Crippen LogP contribution in [0.1, 0.15) is 65.3 Å². The van der Waals surface area contributed by atoms with Crippen LogP contribution in [-0.4, -0.2) is 30.3 Å². The molecule has 0 bridgehead atoms. The molecule has 3 atom stereocenters. The summed E-state index contributed by atoms with van der Waals surface area (Å²) in [5, 5.41) is 3.57. The van der Waals surface area contributed by atoms with Gasteiger partial charge in [-0.3, -0.25) is 9.59 Å². The Bertz CT molecular complexity index is 1200. The fourth-order valence-corrected chi connectivity index (χ4v) is 4.19. The Hall–Kier alpha value is -2.74. The van der Waals surface area contributed by atoms with E-state index >= 15 is 4.39 Å². The largest absolute Gasteiger partial charge is 0.417 e. The van der Waals surface area contributed by atoms with Gasteiger partial charge in [0.05, 0.1) is 29.6 Å². The highest BCUT2D eigenvalue weighted by atomic mass is 35.5. The molecule has 0 saturated carbocycles. The molecule has 0 aromatic heterocycles. The van der Waals surface area contributed by atoms with Crippen LogP contribution in [0.2, 0.25) is 10.0 Å². The second kappa shape index (κ2) is 12.8. The van der Waals surface area contributed by atoms with Crippen molar-refractivity contribution in [3.63, 3.8) is 0 Å². The minimum Gasteiger partial charge on any atom is -0.336 e. The predicted octanol–water partition coefficient (Wildman–Crippen LogP) is 8.29. The van der Waals surface area contributed by atoms with Gasteiger partial charge in [-0.15, -0.1) is 0 Å². The van der Waals surface area contributed by atoms with Crippen LogP contribution in [0.5, 0.6) is 0 Å². The Morgan fingerprint density at radius 1 is 0.850 bits per heavy atom. The van der Waals surface area contributed by atoms with Gasteiger partial charge >= 0.3 is 18.5 Å². The molecule has 222 valence electrons. The fourth-order valence-electron chi connectivity index (χ4n) is 3.65. The lowest BCUT2D eigenvalue weighted by atomic mass is 9.89. The van der Waals surface area contributed by atoms with Crippen LogP contribution in [0.15, 0.2) is 36.4 Å². The number of amides is 2. The molecule has 0 saturated heterocycles. The fraction of sp³-hybridized carbons (Fsp3) is 0.417. The number of halogens is 12. The van der Waals surface area contributed by atoms with Gasteiger partial charge in [0.1, 0.15) is 6.17 Å². The van der Waals surface area contributed by atoms with Gasteiger partial charge in [-0.2, -0.15) is 39.5 Å². The molecule has 0 heterocycles. The van der Waals surface area contributed by atoms with E-state index < -0.39 is 90.1 Å². The van der Waals surface area contributed by atoms with E-state index in [0.29, 0.717) is 12.1 Å². The van der Waals surface area contributed by atoms with Crippen LogP contribution < -0.4 is 10.6 Å². The van der Waals surface area contributed by atoms with Crippen molar-refractivity contribution in [3.8, 4) is 0 Å². The Morgan fingerprint density at radius 2 is 1.43 bits per heavy atom. The van der Waals surface area contributed by atoms with Gasteiger partial charge in [-0.25, -0.2) is 4.39 Å². The number of carbonyl (C=O) groups excluding carboxylic acids is 2. The monoisotopic (exact) mass is 628 g/mol. The zero-order chi connectivity index (χ0) is 30.6. The standard InChI is InChI=1S/C24H20Cl2F10N2O2/c1-11(37-20(39)4-5-22(28,29)30)38-21(40)16-3-2-12(8-18(16)24(34,35)36)19(27)10-17(23(31,32)33)13-6-14(25)9-15(26)7-13/h2-3,6-9,11,17,19H,4-5,10H2,1H3,(H,37,39)(H,38,40)/t11-,17?,19?/m1/s1. The normalized spacial score (nSPS) is 14.8. The van der Waals surface area contributed by atoms with Gasteiger partial charge in [0.2, 0.25) is 5.91 Å². The average Bonchev–Trinajstić information content (AvgIpc) is 2.78. The summed E-state index contributed by atoms with van der Waals surface area (Å²) in [6.07, 6.45) is -22.7. The number of benzene rings is 2. The average molecular weight is 629 g/mol. The molecule has 4 nitrogen and oxygen atoms in total. The maximum absolute atomic E-state index is 15.1. The Balaban J connectivity index is 2.28. The highest BCUT2D eigenvalue weighted by molar-refractivity contribution is 6.34. The van der Waals surface area contributed by atoms with Gasteiger partial charge in [0.15, 0.2) is 0 Å². The van der Waals surface area contributed by atoms with Crippen LogP contribution in [0, 0.1) is 0 Å². The minimum absolute atomic E-state index is 0.173. The summed E-state index contributed by atoms with van der Waals surface area (Å²) in [6.45, 7) is 1.07. The van der Waals surface area contributed by atoms with Crippen LogP contribution in [0.25, 0.3) is 0 Å². The van der Waals surface area contributed by atoms with E-state index in [1.54, 1.807) is 0 Å². The van der Waals surface area contributed by atoms with Crippen molar-refractivity contribution in [1.82, 2.24) is 10.6 Å². The summed E-state index contributed by atoms with van der Waals surface area (Å²) in [6, 6.07) is 4.36. The van der Waals surface area contributed by atoms with Crippen LogP contribution >= 0.6 is 23.2 Å². The molecule has 0 aliphatic rings. The van der Waals surface area contributed by atoms with E-state index in [4.69, 9.17) is 23.2 Å². The molecular formula is C24H20Cl2F10N2O2. The summed E-state index contributed by atoms with van der Waals surface area (Å²) in [4.78, 5) is 24.0. The third kappa shape index (κ3) is 10.0. The first-order chi connectivity index (χ1) is 18.2. The topological polar surface area (TPSA) is 58.2 Å². The smallest absolute Gasteiger partial charge is 0.336 e. The molecule has 16 heteroatoms. The molecule has 0 radical (unpaired) electrons. The molecule has 2 aromatic rings. The van der Waals surface area contributed by atoms with E-state index in [9.17, 15) is 49.1 Å². The van der Waals surface area contributed by atoms with Crippen molar-refractivity contribution in [3.05, 3.63) is 68.7 Å². The Labute approximate surface area is 231 Å². The summed E-state index contributed by atoms with van der Waals surface area (Å²) < 4.78 is 134. The first-order valence-electron chi connectivity index (χ1n) is 11.2. The molecule has 0 aliphatic carbocycles. The van der Waals surface area contributed by atoms with Gasteiger partial charge in [-0.1, -0.05) is 29.3 Å². The second-order valence-electron chi connectivity index (χ2n) is 8.68. The van der Waals surface area contributed by atoms with E-state index in [0.717, 1.165) is 25.1 Å². The van der Waals surface area contributed by atoms with Crippen molar-refractivity contribution in [2.24, 2.45) is 0 Å². The number of alkyl halides is 10. The molecule has 40 heavy (non-hydrogen) atoms. The van der Waals surface area contributed by atoms with Crippen molar-refractivity contribution in [1.29, 1.82) is 0 Å². The molecule has 2 N–H and O–H groups in total. The molecule has 0 aliphatic heterocycles. The highest BCUT2D eigenvalue weighted by Crippen LogP contribution is 2.44. The summed E-state index contributed by atoms with van der Waals surface area (Å²) in [7, 11) is 0. The summed E-state index contributed by atoms with van der Waals surface area (Å²) in [5.41, 5.74) is -4.06. The van der Waals surface area contributed by atoms with Gasteiger partial charge in [-0.05, 0) is 54.8 Å². The van der Waals surface area contributed by atoms with Crippen molar-refractivity contribution < 1.29 is 53.5 Å². The Morgan fingerprint density at radius 3 is 1.93 bits per heavy atom. The zero-order valence-electron chi connectivity index (χ0n) is 20.2. The third-order valence-corrected chi connectivity index (χ3v) is 5.88. The lowest BCUT2D eigenvalue weighted by Crippen LogP contribution is -2.46. The molecule has 2 unspecified atom stereocenters. The number of hydrogen-bond donors (Lipinski definition) is 2. The molecule has 0 fully saturated rings. The number of rotatable bonds is 9. The van der Waals surface area contributed by atoms with E-state index in [2.05, 4.69) is 0 Å². The van der Waals surface area contributed by atoms with Gasteiger partial charge in [0, 0.05) is 16.5 Å². The first kappa shape index (κ1) is 33.5. The quantitative estimate of drug-likeness (QED) is 0.217. The molecule has 2 aromatic carbocycles. The Kier molecular flexibility index (Phi) is 10.7. The lowest BCUT2D eigenvalue weighted by molar-refractivity contribution is -0.155. The van der Waals surface area contributed by atoms with Crippen molar-refractivity contribution in [2.75, 3.05) is 0 Å². The number of hydrogen-bond acceptors (Lipinski definition) is 2. The molecular weight excluding hydrogens is 609 g/mol. The highest BCUT2D eigenvalue weighted by Gasteiger charge is 2.43. The second-order valence-corrected chi connectivity index (χ2v) is 9.55. The number of nitrogens with one attached hydrogen (secondary N) is 2. The van der Waals surface area contributed by atoms with E-state index in [1.807, 2.05) is 10.6 Å². The van der Waals surface area contributed by atoms with Crippen LogP contribution in [0.4, 0.5) is 43.9 Å². The molecule has 2 amide bonds. The molecule has 0 spiro atoms. The summed E-state index contributed by atoms with van der Waals surface area (Å²) in [5.74, 6) is -5.06. The van der Waals surface area contributed by atoms with E-state index in [1.165, 1.54) is 0 Å². The lowest BCUT2D eigenvalue weighted by Gasteiger charge is -2.24. The SMILES string of the molecule is C[C@H](NC(=O)CCC(F)(F)F)NC(=O)c1ccc(C(F)CC(c2cc(Cl)cc(Cl)c2)C(F)(F)F)cc1C(F)(F)F. The predicted molar refractivity (Wildman–Crippen MR) is 126 cm³/mol. The van der Waals surface area contributed by atoms with Crippen LogP contribution in [-0.2, 0) is 11.0 Å². The van der Waals surface area contributed by atoms with Crippen molar-refractivity contribution in [2.45, 2.75) is 63.0 Å². The van der Waals surface area contributed by atoms with Gasteiger partial charge in [0.25, 0.3) is 5.91 Å². The van der Waals surface area contributed by atoms with Gasteiger partial charge < -0.3 is 10.6 Å². The van der Waals surface area contributed by atoms with E-state index in [-0.39, 0.29) is 16.1 Å².